The average Bonchev–Trinajstić information content (AvgIpc) is 2.81. The van der Waals surface area contributed by atoms with E-state index < -0.39 is 17.9 Å². The van der Waals surface area contributed by atoms with E-state index in [2.05, 4.69) is 11.9 Å². The Morgan fingerprint density at radius 1 is 1.65 bits per heavy atom. The van der Waals surface area contributed by atoms with Gasteiger partial charge >= 0.3 is 5.97 Å². The van der Waals surface area contributed by atoms with Crippen molar-refractivity contribution < 1.29 is 19.4 Å². The van der Waals surface area contributed by atoms with Gasteiger partial charge in [0.25, 0.3) is 5.91 Å². The first kappa shape index (κ1) is 13.4. The van der Waals surface area contributed by atoms with Crippen molar-refractivity contribution in [2.24, 2.45) is 0 Å². The van der Waals surface area contributed by atoms with Crippen molar-refractivity contribution in [1.29, 1.82) is 0 Å². The number of carbonyl (C=O) groups is 2. The molecule has 0 radical (unpaired) electrons. The van der Waals surface area contributed by atoms with Gasteiger partial charge < -0.3 is 15.2 Å². The molecule has 1 unspecified atom stereocenters. The van der Waals surface area contributed by atoms with Crippen LogP contribution in [-0.4, -0.2) is 36.2 Å². The van der Waals surface area contributed by atoms with E-state index in [1.165, 1.54) is 17.4 Å². The van der Waals surface area contributed by atoms with Crippen LogP contribution in [0.3, 0.4) is 0 Å². The minimum Gasteiger partial charge on any atom is -0.480 e. The third-order valence-corrected chi connectivity index (χ3v) is 2.59. The molecule has 1 aromatic rings. The van der Waals surface area contributed by atoms with Crippen molar-refractivity contribution >= 4 is 23.2 Å². The first-order valence-corrected chi connectivity index (χ1v) is 5.84. The molecule has 0 spiro atoms. The molecule has 1 rings (SSSR count). The summed E-state index contributed by atoms with van der Waals surface area (Å²) in [5.41, 5.74) is 0.449. The van der Waals surface area contributed by atoms with Gasteiger partial charge in [0.05, 0.1) is 18.8 Å². The molecule has 1 heterocycles. The standard InChI is InChI=1S/C11H13NO4S/c1-2-4-16-6-9(11(14)15)12-10(13)8-3-5-17-7-8/h2-3,5,7,9H,1,4,6H2,(H,12,13)(H,14,15). The van der Waals surface area contributed by atoms with Crippen LogP contribution in [-0.2, 0) is 9.53 Å². The van der Waals surface area contributed by atoms with Gasteiger partial charge in [0.1, 0.15) is 0 Å². The maximum Gasteiger partial charge on any atom is 0.328 e. The SMILES string of the molecule is C=CCOCC(NC(=O)c1ccsc1)C(=O)O. The third-order valence-electron chi connectivity index (χ3n) is 1.91. The van der Waals surface area contributed by atoms with Crippen molar-refractivity contribution in [3.63, 3.8) is 0 Å². The second-order valence-electron chi connectivity index (χ2n) is 3.20. The molecule has 0 aliphatic rings. The lowest BCUT2D eigenvalue weighted by molar-refractivity contribution is -0.140. The van der Waals surface area contributed by atoms with Crippen LogP contribution >= 0.6 is 11.3 Å². The second-order valence-corrected chi connectivity index (χ2v) is 3.98. The summed E-state index contributed by atoms with van der Waals surface area (Å²) in [5.74, 6) is -1.54. The van der Waals surface area contributed by atoms with Gasteiger partial charge in [-0.2, -0.15) is 11.3 Å². The lowest BCUT2D eigenvalue weighted by atomic mass is 10.2. The monoisotopic (exact) mass is 255 g/mol. The van der Waals surface area contributed by atoms with Crippen LogP contribution in [0.2, 0.25) is 0 Å². The first-order chi connectivity index (χ1) is 8.15. The molecule has 1 amide bonds. The number of thiophene rings is 1. The number of hydrogen-bond acceptors (Lipinski definition) is 4. The van der Waals surface area contributed by atoms with Crippen LogP contribution in [0.15, 0.2) is 29.5 Å². The summed E-state index contributed by atoms with van der Waals surface area (Å²) in [5, 5.41) is 14.7. The van der Waals surface area contributed by atoms with E-state index in [9.17, 15) is 9.59 Å². The van der Waals surface area contributed by atoms with Crippen LogP contribution in [0, 0.1) is 0 Å². The number of rotatable bonds is 7. The highest BCUT2D eigenvalue weighted by Crippen LogP contribution is 2.05. The Morgan fingerprint density at radius 3 is 2.94 bits per heavy atom. The number of amides is 1. The molecule has 5 nitrogen and oxygen atoms in total. The van der Waals surface area contributed by atoms with Gasteiger partial charge in [-0.3, -0.25) is 4.79 Å². The fourth-order valence-electron chi connectivity index (χ4n) is 1.08. The molecule has 0 saturated heterocycles. The zero-order valence-corrected chi connectivity index (χ0v) is 9.90. The molecule has 0 aromatic carbocycles. The number of ether oxygens (including phenoxy) is 1. The quantitative estimate of drug-likeness (QED) is 0.566. The van der Waals surface area contributed by atoms with Crippen LogP contribution in [0.4, 0.5) is 0 Å². The van der Waals surface area contributed by atoms with Gasteiger partial charge in [-0.1, -0.05) is 6.08 Å². The molecule has 0 fully saturated rings. The summed E-state index contributed by atoms with van der Waals surface area (Å²) in [4.78, 5) is 22.5. The molecular weight excluding hydrogens is 242 g/mol. The molecule has 92 valence electrons. The average molecular weight is 255 g/mol. The van der Waals surface area contributed by atoms with Crippen LogP contribution in [0.25, 0.3) is 0 Å². The van der Waals surface area contributed by atoms with Gasteiger partial charge in [-0.05, 0) is 11.4 Å². The molecule has 0 saturated carbocycles. The fourth-order valence-corrected chi connectivity index (χ4v) is 1.72. The number of carboxylic acids is 1. The summed E-state index contributed by atoms with van der Waals surface area (Å²) in [7, 11) is 0. The molecule has 1 atom stereocenters. The van der Waals surface area contributed by atoms with Gasteiger partial charge in [-0.15, -0.1) is 6.58 Å². The van der Waals surface area contributed by atoms with E-state index in [0.717, 1.165) is 0 Å². The Hall–Kier alpha value is -1.66. The van der Waals surface area contributed by atoms with E-state index in [1.807, 2.05) is 0 Å². The maximum absolute atomic E-state index is 11.6. The van der Waals surface area contributed by atoms with Crippen LogP contribution in [0.5, 0.6) is 0 Å². The summed E-state index contributed by atoms with van der Waals surface area (Å²) in [6.45, 7) is 3.61. The number of carbonyl (C=O) groups excluding carboxylic acids is 1. The highest BCUT2D eigenvalue weighted by Gasteiger charge is 2.20. The van der Waals surface area contributed by atoms with Crippen molar-refractivity contribution in [3.8, 4) is 0 Å². The zero-order valence-electron chi connectivity index (χ0n) is 9.09. The molecule has 2 N–H and O–H groups in total. The zero-order chi connectivity index (χ0) is 12.7. The fraction of sp³-hybridized carbons (Fsp3) is 0.273. The van der Waals surface area contributed by atoms with Gasteiger partial charge in [0, 0.05) is 5.38 Å². The molecule has 1 aromatic heterocycles. The Kier molecular flexibility index (Phi) is 5.38. The summed E-state index contributed by atoms with van der Waals surface area (Å²) in [6, 6.07) is 0.575. The largest absolute Gasteiger partial charge is 0.480 e. The Morgan fingerprint density at radius 2 is 2.41 bits per heavy atom. The van der Waals surface area contributed by atoms with Gasteiger partial charge in [-0.25, -0.2) is 4.79 Å². The van der Waals surface area contributed by atoms with Crippen molar-refractivity contribution in [2.75, 3.05) is 13.2 Å². The predicted octanol–water partition coefficient (Wildman–Crippen LogP) is 1.13. The normalized spacial score (nSPS) is 11.8. The molecule has 17 heavy (non-hydrogen) atoms. The molecule has 0 aliphatic heterocycles. The van der Waals surface area contributed by atoms with E-state index in [1.54, 1.807) is 16.8 Å². The predicted molar refractivity (Wildman–Crippen MR) is 64.2 cm³/mol. The molecule has 0 aliphatic carbocycles. The Labute approximate surface area is 103 Å². The van der Waals surface area contributed by atoms with Gasteiger partial charge in [0.2, 0.25) is 0 Å². The van der Waals surface area contributed by atoms with E-state index in [0.29, 0.717) is 5.56 Å². The second kappa shape index (κ2) is 6.82. The number of nitrogens with one attached hydrogen (secondary N) is 1. The Bertz CT molecular complexity index is 388. The topological polar surface area (TPSA) is 75.6 Å². The lowest BCUT2D eigenvalue weighted by Crippen LogP contribution is -2.43. The minimum absolute atomic E-state index is 0.0861. The van der Waals surface area contributed by atoms with Gasteiger partial charge in [0.15, 0.2) is 6.04 Å². The number of hydrogen-bond donors (Lipinski definition) is 2. The highest BCUT2D eigenvalue weighted by atomic mass is 32.1. The van der Waals surface area contributed by atoms with Crippen molar-refractivity contribution in [3.05, 3.63) is 35.0 Å². The maximum atomic E-state index is 11.6. The molecular formula is C11H13NO4S. The van der Waals surface area contributed by atoms with E-state index in [4.69, 9.17) is 9.84 Å². The van der Waals surface area contributed by atoms with Crippen LogP contribution in [0.1, 0.15) is 10.4 Å². The van der Waals surface area contributed by atoms with Crippen molar-refractivity contribution in [2.45, 2.75) is 6.04 Å². The first-order valence-electron chi connectivity index (χ1n) is 4.89. The summed E-state index contributed by atoms with van der Waals surface area (Å²) < 4.78 is 5.01. The Balaban J connectivity index is 2.51. The molecule has 6 heteroatoms. The van der Waals surface area contributed by atoms with E-state index >= 15 is 0 Å². The minimum atomic E-state index is -1.13. The summed E-state index contributed by atoms with van der Waals surface area (Å²) >= 11 is 1.37. The van der Waals surface area contributed by atoms with Crippen molar-refractivity contribution in [1.82, 2.24) is 5.32 Å². The highest BCUT2D eigenvalue weighted by molar-refractivity contribution is 7.08. The third kappa shape index (κ3) is 4.38. The molecule has 0 bridgehead atoms. The van der Waals surface area contributed by atoms with E-state index in [-0.39, 0.29) is 13.2 Å². The smallest absolute Gasteiger partial charge is 0.328 e. The summed E-state index contributed by atoms with van der Waals surface area (Å²) in [6.07, 6.45) is 1.51. The lowest BCUT2D eigenvalue weighted by Gasteiger charge is -2.13. The van der Waals surface area contributed by atoms with Crippen LogP contribution < -0.4 is 5.32 Å². The number of aliphatic carboxylic acids is 1. The number of carboxylic acid groups (broad SMARTS) is 1.